The molecule has 11 aromatic rings. The van der Waals surface area contributed by atoms with Gasteiger partial charge >= 0.3 is 0 Å². The monoisotopic (exact) mass is 1920 g/mol. The lowest BCUT2D eigenvalue weighted by Gasteiger charge is -2.29. The van der Waals surface area contributed by atoms with Gasteiger partial charge in [-0.3, -0.25) is 29.7 Å². The number of aromatic hydroxyl groups is 3. The molecule has 1 aliphatic rings. The molecule has 21 heteroatoms. The van der Waals surface area contributed by atoms with E-state index in [2.05, 4.69) is 272 Å². The Kier molecular flexibility index (Phi) is 35.4. The van der Waals surface area contributed by atoms with Crippen LogP contribution in [0, 0.1) is 20.2 Å². The van der Waals surface area contributed by atoms with Gasteiger partial charge in [0.1, 0.15) is 17.2 Å². The first-order chi connectivity index (χ1) is 52.9. The number of benzene rings is 7. The number of nitrogens with one attached hydrogen (secondary N) is 4. The summed E-state index contributed by atoms with van der Waals surface area (Å²) in [5.74, 6) is 1.07. The van der Waals surface area contributed by atoms with E-state index in [4.69, 9.17) is 5.11 Å². The van der Waals surface area contributed by atoms with Gasteiger partial charge in [0.05, 0.1) is 34.8 Å². The highest BCUT2D eigenvalue weighted by molar-refractivity contribution is 14.1. The van der Waals surface area contributed by atoms with E-state index in [9.17, 15) is 20.4 Å². The number of aliphatic hydroxyl groups is 2. The van der Waals surface area contributed by atoms with Crippen molar-refractivity contribution in [2.75, 3.05) is 87.3 Å². The molecule has 576 valence electrons. The summed E-state index contributed by atoms with van der Waals surface area (Å²) in [5, 5.41) is 68.7. The summed E-state index contributed by atoms with van der Waals surface area (Å²) < 4.78 is 4.67. The van der Waals surface area contributed by atoms with Gasteiger partial charge < -0.3 is 56.6 Å². The van der Waals surface area contributed by atoms with E-state index in [0.29, 0.717) is 24.6 Å². The largest absolute Gasteiger partial charge is 0.508 e. The quantitative estimate of drug-likeness (QED) is 0.0106. The summed E-state index contributed by atoms with van der Waals surface area (Å²) in [6.07, 6.45) is 24.1. The molecule has 1 aliphatic carbocycles. The zero-order valence-corrected chi connectivity index (χ0v) is 72.4. The topological polar surface area (TPSA) is 214 Å². The van der Waals surface area contributed by atoms with Gasteiger partial charge in [0.2, 0.25) is 0 Å². The van der Waals surface area contributed by atoms with E-state index >= 15 is 0 Å². The molecule has 109 heavy (non-hydrogen) atoms. The lowest BCUT2D eigenvalue weighted by Crippen LogP contribution is -2.35. The molecule has 0 saturated carbocycles. The first-order valence-electron chi connectivity index (χ1n) is 38.1. The second-order valence-corrected chi connectivity index (χ2v) is 32.4. The normalized spacial score (nSPS) is 13.3. The first-order valence-corrected chi connectivity index (χ1v) is 42.4. The van der Waals surface area contributed by atoms with Gasteiger partial charge in [0, 0.05) is 161 Å². The number of aliphatic hydroxyl groups excluding tert-OH is 2. The number of halogens is 4. The van der Waals surface area contributed by atoms with Crippen LogP contribution in [-0.4, -0.2) is 137 Å². The number of rotatable bonds is 33. The molecule has 4 aromatic heterocycles. The van der Waals surface area contributed by atoms with Gasteiger partial charge in [-0.25, -0.2) is 0 Å². The average molecular weight is 1920 g/mol. The van der Waals surface area contributed by atoms with Crippen molar-refractivity contribution >= 4 is 174 Å². The smallest absolute Gasteiger partial charge is 0.120 e. The SMILES string of the molecule is CCCCCCCCN(C)Cc1cc(Nc2ccnc3cc(I)ccc23)ccc1O.CCCCN(CC)Cc1cc(Nc2ccnc3cc(I)ccc23)ccc1O.CCCN(CC)CC1C=C(Nc2ccnc3cc(I)ccc23)C=CC1O.CCN(CCO)Cc1cc(Nc2ccnc3cc(I)ccc23)ccc1O. The molecular formula is C88H106I4N12O5. The minimum Gasteiger partial charge on any atom is -0.508 e. The van der Waals surface area contributed by atoms with E-state index in [1.54, 1.807) is 24.4 Å². The maximum atomic E-state index is 10.4. The van der Waals surface area contributed by atoms with Gasteiger partial charge in [0.25, 0.3) is 0 Å². The molecule has 0 bridgehead atoms. The highest BCUT2D eigenvalue weighted by Crippen LogP contribution is 2.35. The van der Waals surface area contributed by atoms with Crippen LogP contribution >= 0.6 is 90.4 Å². The van der Waals surface area contributed by atoms with Gasteiger partial charge in [-0.2, -0.15) is 0 Å². The summed E-state index contributed by atoms with van der Waals surface area (Å²) in [4.78, 5) is 27.0. The van der Waals surface area contributed by atoms with Crippen molar-refractivity contribution in [3.05, 3.63) is 231 Å². The molecular weight excluding hydrogens is 1810 g/mol. The van der Waals surface area contributed by atoms with Crippen LogP contribution in [0.4, 0.5) is 39.8 Å². The number of phenolic OH excluding ortho intramolecular Hbond substituents is 3. The molecule has 12 rings (SSSR count). The van der Waals surface area contributed by atoms with Crippen molar-refractivity contribution in [3.8, 4) is 17.2 Å². The second kappa shape index (κ2) is 44.8. The summed E-state index contributed by atoms with van der Waals surface area (Å²) >= 11 is 9.20. The molecule has 0 amide bonds. The Morgan fingerprint density at radius 2 is 0.780 bits per heavy atom. The maximum Gasteiger partial charge on any atom is 0.120 e. The van der Waals surface area contributed by atoms with Crippen molar-refractivity contribution in [2.45, 2.75) is 125 Å². The summed E-state index contributed by atoms with van der Waals surface area (Å²) in [6.45, 7) is 22.6. The molecule has 2 atom stereocenters. The van der Waals surface area contributed by atoms with Gasteiger partial charge in [-0.1, -0.05) is 92.2 Å². The predicted octanol–water partition coefficient (Wildman–Crippen LogP) is 21.5. The standard InChI is InChI=1S/C25H32IN3O.C22H26IN3O.C21H26IN3O.C20H22IN3O2/c1-3-4-5-6-7-8-15-29(2)18-19-16-21(10-12-25(19)30)28-23-13-14-27-24-17-20(26)9-11-22(23)24;1-3-5-12-26(4-2)15-16-13-18(7-9-22(16)27)25-20-10-11-24-21-14-17(23)6-8-19(20)21;1-3-11-25(4-2)14-15-12-17(6-8-21(15)26)24-19-9-10-23-20-13-16(22)5-7-18(19)20;1-2-24(9-10-25)13-14-11-16(4-6-20(14)26)23-18-7-8-22-19-12-15(21)3-5-17(18)19/h9-14,16-17,30H,3-8,15,18H2,1-2H3,(H,27,28);6-11,13-14,27H,3-5,12,15H2,1-2H3,(H,24,25);5-10,12-13,15,21,26H,3-4,11,14H2,1-2H3,(H,23,24);3-8,11-12,25-26H,2,9-10,13H2,1H3,(H,22,23). The average Bonchev–Trinajstić information content (AvgIpc) is 0.821. The van der Waals surface area contributed by atoms with Crippen LogP contribution in [0.5, 0.6) is 17.2 Å². The number of anilines is 7. The van der Waals surface area contributed by atoms with E-state index in [0.717, 1.165) is 175 Å². The van der Waals surface area contributed by atoms with Crippen molar-refractivity contribution in [2.24, 2.45) is 5.92 Å². The number of unbranched alkanes of at least 4 members (excludes halogenated alkanes) is 6. The fourth-order valence-corrected chi connectivity index (χ4v) is 15.0. The molecule has 9 N–H and O–H groups in total. The van der Waals surface area contributed by atoms with Crippen LogP contribution in [0.3, 0.4) is 0 Å². The van der Waals surface area contributed by atoms with E-state index < -0.39 is 6.10 Å². The van der Waals surface area contributed by atoms with Crippen LogP contribution in [0.1, 0.15) is 116 Å². The Morgan fingerprint density at radius 3 is 1.17 bits per heavy atom. The van der Waals surface area contributed by atoms with Gasteiger partial charge in [-0.05, 0) is 314 Å². The Labute approximate surface area is 699 Å². The lowest BCUT2D eigenvalue weighted by molar-refractivity contribution is 0.138. The molecule has 2 unspecified atom stereocenters. The molecule has 0 spiro atoms. The van der Waals surface area contributed by atoms with Crippen LogP contribution < -0.4 is 21.3 Å². The summed E-state index contributed by atoms with van der Waals surface area (Å²) in [5.41, 5.74) is 14.5. The zero-order chi connectivity index (χ0) is 77.6. The fourth-order valence-electron chi connectivity index (χ4n) is 13.1. The minimum atomic E-state index is -0.429. The van der Waals surface area contributed by atoms with Gasteiger partial charge in [0.15, 0.2) is 0 Å². The molecule has 0 saturated heterocycles. The third-order valence-corrected chi connectivity index (χ3v) is 21.9. The van der Waals surface area contributed by atoms with E-state index in [1.165, 1.54) is 62.1 Å². The van der Waals surface area contributed by atoms with Gasteiger partial charge in [-0.15, -0.1) is 0 Å². The number of fused-ring (bicyclic) bond motifs is 4. The fraction of sp³-hybridized carbons (Fsp3) is 0.341. The van der Waals surface area contributed by atoms with Crippen LogP contribution in [0.25, 0.3) is 43.6 Å². The van der Waals surface area contributed by atoms with Crippen LogP contribution in [-0.2, 0) is 19.6 Å². The summed E-state index contributed by atoms with van der Waals surface area (Å²) in [7, 11) is 2.13. The highest BCUT2D eigenvalue weighted by atomic mass is 127. The van der Waals surface area contributed by atoms with Crippen molar-refractivity contribution < 1.29 is 25.5 Å². The second-order valence-electron chi connectivity index (χ2n) is 27.5. The Balaban J connectivity index is 0.000000168. The van der Waals surface area contributed by atoms with Crippen LogP contribution in [0.15, 0.2) is 200 Å². The Bertz CT molecular complexity index is 4780. The van der Waals surface area contributed by atoms with Crippen molar-refractivity contribution in [3.63, 3.8) is 0 Å². The molecule has 0 radical (unpaired) electrons. The Hall–Kier alpha value is -7.06. The number of allylic oxidation sites excluding steroid dienone is 1. The minimum absolute atomic E-state index is 0.100. The van der Waals surface area contributed by atoms with E-state index in [-0.39, 0.29) is 18.3 Å². The van der Waals surface area contributed by atoms with Crippen molar-refractivity contribution in [1.82, 2.24) is 39.5 Å². The van der Waals surface area contributed by atoms with Crippen LogP contribution in [0.2, 0.25) is 0 Å². The molecule has 4 heterocycles. The molecule has 0 fully saturated rings. The first kappa shape index (κ1) is 85.9. The highest BCUT2D eigenvalue weighted by Gasteiger charge is 2.22. The molecule has 0 aliphatic heterocycles. The summed E-state index contributed by atoms with van der Waals surface area (Å²) in [6, 6.07) is 49.9. The zero-order valence-electron chi connectivity index (χ0n) is 63.8. The number of aromatic nitrogens is 4. The number of nitrogens with zero attached hydrogens (tertiary/aromatic N) is 8. The number of phenols is 3. The van der Waals surface area contributed by atoms with Crippen molar-refractivity contribution in [1.29, 1.82) is 0 Å². The molecule has 17 nitrogen and oxygen atoms in total. The molecule has 7 aromatic carbocycles. The number of pyridine rings is 4. The number of hydrogen-bond donors (Lipinski definition) is 9. The Morgan fingerprint density at radius 1 is 0.394 bits per heavy atom. The number of likely N-dealkylation sites (N-methyl/N-ethyl adjacent to an activating group) is 1. The predicted molar refractivity (Wildman–Crippen MR) is 488 cm³/mol. The number of hydrogen-bond acceptors (Lipinski definition) is 17. The third-order valence-electron chi connectivity index (χ3n) is 19.2. The lowest BCUT2D eigenvalue weighted by atomic mass is 9.95. The van der Waals surface area contributed by atoms with E-state index in [1.807, 2.05) is 98.3 Å². The maximum absolute atomic E-state index is 10.4. The third kappa shape index (κ3) is 26.5.